The van der Waals surface area contributed by atoms with Gasteiger partial charge in [0.25, 0.3) is 0 Å². The van der Waals surface area contributed by atoms with Crippen molar-refractivity contribution in [3.63, 3.8) is 0 Å². The molecule has 1 nitrogen and oxygen atoms in total. The number of hydrogen-bond donors (Lipinski definition) is 1. The van der Waals surface area contributed by atoms with Gasteiger partial charge in [0.05, 0.1) is 13.6 Å². The van der Waals surface area contributed by atoms with Crippen molar-refractivity contribution in [2.24, 2.45) is 5.73 Å². The minimum Gasteiger partial charge on any atom is -0.320 e. The molecule has 1 atom stereocenters. The molecule has 0 aliphatic carbocycles. The zero-order valence-corrected chi connectivity index (χ0v) is 14.0. The molecule has 1 aromatic carbocycles. The molecule has 0 fully saturated rings. The second-order valence-electron chi connectivity index (χ2n) is 3.94. The number of nitrogens with two attached hydrogens (primary N) is 1. The minimum atomic E-state index is -0.0851. The topological polar surface area (TPSA) is 26.0 Å². The molecule has 92 valence electrons. The van der Waals surface area contributed by atoms with Gasteiger partial charge in [0.2, 0.25) is 0 Å². The number of benzene rings is 1. The first-order valence-corrected chi connectivity index (χ1v) is 8.61. The van der Waals surface area contributed by atoms with Gasteiger partial charge in [-0.2, -0.15) is 0 Å². The summed E-state index contributed by atoms with van der Waals surface area (Å²) in [6, 6.07) is 10.4. The molecule has 0 aliphatic heterocycles. The Kier molecular flexibility index (Phi) is 3.60. The summed E-state index contributed by atoms with van der Waals surface area (Å²) >= 11 is 10.5. The van der Waals surface area contributed by atoms with E-state index in [1.54, 1.807) is 22.7 Å². The molecule has 3 rings (SSSR count). The van der Waals surface area contributed by atoms with Gasteiger partial charge >= 0.3 is 0 Å². The largest absolute Gasteiger partial charge is 0.320 e. The summed E-state index contributed by atoms with van der Waals surface area (Å²) in [7, 11) is 0. The molecule has 0 saturated carbocycles. The highest BCUT2D eigenvalue weighted by atomic mass is 79.9. The molecule has 5 heteroatoms. The van der Waals surface area contributed by atoms with E-state index in [4.69, 9.17) is 5.73 Å². The Morgan fingerprint density at radius 2 is 1.89 bits per heavy atom. The second kappa shape index (κ2) is 5.06. The smallest absolute Gasteiger partial charge is 0.0761 e. The Morgan fingerprint density at radius 3 is 2.61 bits per heavy atom. The maximum atomic E-state index is 6.40. The van der Waals surface area contributed by atoms with Gasteiger partial charge in [-0.05, 0) is 65.9 Å². The van der Waals surface area contributed by atoms with Gasteiger partial charge in [-0.3, -0.25) is 0 Å². The first-order chi connectivity index (χ1) is 8.66. The van der Waals surface area contributed by atoms with E-state index in [-0.39, 0.29) is 6.04 Å². The quantitative estimate of drug-likeness (QED) is 0.598. The van der Waals surface area contributed by atoms with Gasteiger partial charge in [0, 0.05) is 4.70 Å². The normalized spacial score (nSPS) is 13.1. The van der Waals surface area contributed by atoms with Crippen LogP contribution in [0.5, 0.6) is 0 Å². The van der Waals surface area contributed by atoms with E-state index in [9.17, 15) is 0 Å². The first kappa shape index (κ1) is 12.8. The molecule has 0 spiro atoms. The second-order valence-corrected chi connectivity index (χ2v) is 8.60. The Labute approximate surface area is 130 Å². The van der Waals surface area contributed by atoms with E-state index in [1.165, 1.54) is 15.6 Å². The van der Waals surface area contributed by atoms with Crippen LogP contribution in [-0.4, -0.2) is 0 Å². The van der Waals surface area contributed by atoms with Crippen LogP contribution in [0.2, 0.25) is 0 Å². The number of hydrogen-bond acceptors (Lipinski definition) is 3. The SMILES string of the molecule is NC(c1cc(Br)sc1Br)c1csc2ccccc12. The van der Waals surface area contributed by atoms with Crippen LogP contribution in [0.4, 0.5) is 0 Å². The molecule has 0 radical (unpaired) electrons. The molecule has 3 aromatic rings. The fourth-order valence-electron chi connectivity index (χ4n) is 1.97. The van der Waals surface area contributed by atoms with Crippen molar-refractivity contribution < 1.29 is 0 Å². The van der Waals surface area contributed by atoms with E-state index in [0.29, 0.717) is 0 Å². The van der Waals surface area contributed by atoms with Gasteiger partial charge in [0.15, 0.2) is 0 Å². The highest BCUT2D eigenvalue weighted by Crippen LogP contribution is 2.39. The summed E-state index contributed by atoms with van der Waals surface area (Å²) in [6.45, 7) is 0. The summed E-state index contributed by atoms with van der Waals surface area (Å²) < 4.78 is 3.48. The maximum Gasteiger partial charge on any atom is 0.0761 e. The van der Waals surface area contributed by atoms with Crippen molar-refractivity contribution in [1.29, 1.82) is 0 Å². The van der Waals surface area contributed by atoms with E-state index in [1.807, 2.05) is 0 Å². The van der Waals surface area contributed by atoms with Gasteiger partial charge in [-0.25, -0.2) is 0 Å². The Bertz CT molecular complexity index is 702. The average Bonchev–Trinajstić information content (AvgIpc) is 2.92. The molecule has 18 heavy (non-hydrogen) atoms. The number of rotatable bonds is 2. The fraction of sp³-hybridized carbons (Fsp3) is 0.0769. The highest BCUT2D eigenvalue weighted by molar-refractivity contribution is 9.12. The molecule has 0 bridgehead atoms. The Hall–Kier alpha value is -0.200. The van der Waals surface area contributed by atoms with Crippen LogP contribution in [0, 0.1) is 0 Å². The predicted molar refractivity (Wildman–Crippen MR) is 87.6 cm³/mol. The van der Waals surface area contributed by atoms with Gasteiger partial charge < -0.3 is 5.73 Å². The van der Waals surface area contributed by atoms with E-state index < -0.39 is 0 Å². The van der Waals surface area contributed by atoms with Crippen LogP contribution in [0.15, 0.2) is 43.3 Å². The van der Waals surface area contributed by atoms with Crippen LogP contribution in [0.25, 0.3) is 10.1 Å². The van der Waals surface area contributed by atoms with Crippen molar-refractivity contribution in [3.05, 3.63) is 54.4 Å². The van der Waals surface area contributed by atoms with Gasteiger partial charge in [-0.1, -0.05) is 18.2 Å². The Morgan fingerprint density at radius 1 is 1.11 bits per heavy atom. The fourth-order valence-corrected chi connectivity index (χ4v) is 5.90. The lowest BCUT2D eigenvalue weighted by Crippen LogP contribution is -2.10. The molecular weight excluding hydrogens is 394 g/mol. The molecule has 2 aromatic heterocycles. The summed E-state index contributed by atoms with van der Waals surface area (Å²) in [6.07, 6.45) is 0. The number of thiophene rings is 2. The van der Waals surface area contributed by atoms with Crippen molar-refractivity contribution in [1.82, 2.24) is 0 Å². The van der Waals surface area contributed by atoms with Crippen molar-refractivity contribution in [3.8, 4) is 0 Å². The number of halogens is 2. The molecule has 0 saturated heterocycles. The lowest BCUT2D eigenvalue weighted by Gasteiger charge is -2.10. The molecule has 2 heterocycles. The summed E-state index contributed by atoms with van der Waals surface area (Å²) in [5.74, 6) is 0. The highest BCUT2D eigenvalue weighted by Gasteiger charge is 2.18. The summed E-state index contributed by atoms with van der Waals surface area (Å²) in [5.41, 5.74) is 8.73. The zero-order chi connectivity index (χ0) is 12.7. The van der Waals surface area contributed by atoms with Crippen LogP contribution >= 0.6 is 54.5 Å². The first-order valence-electron chi connectivity index (χ1n) is 5.33. The van der Waals surface area contributed by atoms with Crippen LogP contribution < -0.4 is 5.73 Å². The van der Waals surface area contributed by atoms with Crippen molar-refractivity contribution >= 4 is 64.6 Å². The Balaban J connectivity index is 2.12. The summed E-state index contributed by atoms with van der Waals surface area (Å²) in [5, 5.41) is 3.41. The molecule has 2 N–H and O–H groups in total. The lowest BCUT2D eigenvalue weighted by molar-refractivity contribution is 0.885. The summed E-state index contributed by atoms with van der Waals surface area (Å²) in [4.78, 5) is 0. The van der Waals surface area contributed by atoms with E-state index in [2.05, 4.69) is 67.6 Å². The maximum absolute atomic E-state index is 6.40. The number of fused-ring (bicyclic) bond motifs is 1. The zero-order valence-electron chi connectivity index (χ0n) is 9.19. The predicted octanol–water partition coefficient (Wildman–Crippen LogP) is 5.54. The van der Waals surface area contributed by atoms with E-state index >= 15 is 0 Å². The minimum absolute atomic E-state index is 0.0851. The van der Waals surface area contributed by atoms with Gasteiger partial charge in [-0.15, -0.1) is 22.7 Å². The molecule has 1 unspecified atom stereocenters. The van der Waals surface area contributed by atoms with Crippen LogP contribution in [0.3, 0.4) is 0 Å². The van der Waals surface area contributed by atoms with Crippen LogP contribution in [0.1, 0.15) is 17.2 Å². The van der Waals surface area contributed by atoms with E-state index in [0.717, 1.165) is 13.1 Å². The van der Waals surface area contributed by atoms with Gasteiger partial charge in [0.1, 0.15) is 0 Å². The third-order valence-electron chi connectivity index (χ3n) is 2.86. The van der Waals surface area contributed by atoms with Crippen LogP contribution in [-0.2, 0) is 0 Å². The monoisotopic (exact) mass is 401 g/mol. The third-order valence-corrected chi connectivity index (χ3v) is 6.23. The molecule has 0 aliphatic rings. The molecular formula is C13H9Br2NS2. The lowest BCUT2D eigenvalue weighted by atomic mass is 10.0. The van der Waals surface area contributed by atoms with Crippen molar-refractivity contribution in [2.45, 2.75) is 6.04 Å². The average molecular weight is 403 g/mol. The third kappa shape index (κ3) is 2.18. The van der Waals surface area contributed by atoms with Crippen molar-refractivity contribution in [2.75, 3.05) is 0 Å². The standard InChI is InChI=1S/C13H9Br2NS2/c14-11-5-8(13(15)18-11)12(16)9-6-17-10-4-2-1-3-7(9)10/h1-6,12H,16H2. The molecule has 0 amide bonds.